The van der Waals surface area contributed by atoms with E-state index in [4.69, 9.17) is 4.42 Å². The summed E-state index contributed by atoms with van der Waals surface area (Å²) in [6.07, 6.45) is 8.46. The van der Waals surface area contributed by atoms with Gasteiger partial charge in [-0.1, -0.05) is 115 Å². The van der Waals surface area contributed by atoms with Crippen LogP contribution in [0.1, 0.15) is 34.2 Å². The minimum atomic E-state index is 0.806. The monoisotopic (exact) mass is 520 g/mol. The van der Waals surface area contributed by atoms with Gasteiger partial charge in [0.15, 0.2) is 0 Å². The van der Waals surface area contributed by atoms with Crippen molar-refractivity contribution >= 4 is 61.2 Å². The van der Waals surface area contributed by atoms with Crippen LogP contribution < -0.4 is 0 Å². The van der Waals surface area contributed by atoms with Crippen molar-refractivity contribution in [3.8, 4) is 23.0 Å². The second kappa shape index (κ2) is 8.59. The molecule has 0 aliphatic heterocycles. The Morgan fingerprint density at radius 1 is 0.585 bits per heavy atom. The van der Waals surface area contributed by atoms with E-state index in [1.165, 1.54) is 66.1 Å². The molecular weight excluding hydrogens is 496 g/mol. The molecule has 2 aliphatic carbocycles. The maximum Gasteiger partial charge on any atom is 0.135 e. The standard InChI is InChI=1S/C40H24O/c1-2-10-25-18-19-26-22-28(24-35(26)29(25)11-3-1)40-33-15-6-4-13-31(33)39(32-14-5-7-16-34(32)40)27-20-21-38-36(23-27)30-12-8-9-17-37(30)41-38/h2,4-10,12-23H,1,24H2. The highest BCUT2D eigenvalue weighted by molar-refractivity contribution is 6.21. The molecule has 41 heavy (non-hydrogen) atoms. The van der Waals surface area contributed by atoms with Gasteiger partial charge in [0, 0.05) is 22.8 Å². The van der Waals surface area contributed by atoms with Gasteiger partial charge in [-0.05, 0) is 85.1 Å². The molecule has 1 nitrogen and oxygen atoms in total. The summed E-state index contributed by atoms with van der Waals surface area (Å²) in [6.45, 7) is 0. The molecule has 6 aromatic carbocycles. The highest BCUT2D eigenvalue weighted by Crippen LogP contribution is 2.46. The van der Waals surface area contributed by atoms with Crippen molar-refractivity contribution in [2.75, 3.05) is 0 Å². The summed E-state index contributed by atoms with van der Waals surface area (Å²) >= 11 is 0. The molecule has 1 heteroatoms. The molecule has 0 fully saturated rings. The Morgan fingerprint density at radius 2 is 1.24 bits per heavy atom. The fourth-order valence-electron chi connectivity index (χ4n) is 6.94. The summed E-state index contributed by atoms with van der Waals surface area (Å²) < 4.78 is 6.16. The van der Waals surface area contributed by atoms with E-state index in [0.717, 1.165) is 34.8 Å². The number of para-hydroxylation sites is 1. The van der Waals surface area contributed by atoms with Gasteiger partial charge in [-0.2, -0.15) is 0 Å². The predicted octanol–water partition coefficient (Wildman–Crippen LogP) is 10.4. The quantitative estimate of drug-likeness (QED) is 0.163. The largest absolute Gasteiger partial charge is 0.456 e. The van der Waals surface area contributed by atoms with Gasteiger partial charge < -0.3 is 4.42 Å². The van der Waals surface area contributed by atoms with Crippen molar-refractivity contribution in [2.45, 2.75) is 12.8 Å². The Balaban J connectivity index is 1.31. The molecule has 190 valence electrons. The number of fused-ring (bicyclic) bond motifs is 8. The second-order valence-corrected chi connectivity index (χ2v) is 11.0. The number of hydrogen-bond donors (Lipinski definition) is 0. The Kier molecular flexibility index (Phi) is 4.71. The summed E-state index contributed by atoms with van der Waals surface area (Å²) in [6, 6.07) is 37.2. The van der Waals surface area contributed by atoms with E-state index in [-0.39, 0.29) is 0 Å². The van der Waals surface area contributed by atoms with Gasteiger partial charge in [0.05, 0.1) is 0 Å². The number of benzene rings is 6. The minimum Gasteiger partial charge on any atom is -0.456 e. The average Bonchev–Trinajstić information content (AvgIpc) is 3.52. The average molecular weight is 521 g/mol. The SMILES string of the molecule is C1#Cc2c(ccc3c2CC(c2c4ccccc4c(-c4ccc5oc6ccccc6c5c4)c4ccccc24)=C3)C=CC1. The third-order valence-electron chi connectivity index (χ3n) is 8.73. The van der Waals surface area contributed by atoms with Crippen molar-refractivity contribution in [3.63, 3.8) is 0 Å². The molecule has 1 heterocycles. The molecule has 0 saturated carbocycles. The first kappa shape index (κ1) is 22.5. The van der Waals surface area contributed by atoms with Crippen LogP contribution in [0, 0.1) is 11.8 Å². The maximum absolute atomic E-state index is 6.16. The van der Waals surface area contributed by atoms with E-state index in [1.54, 1.807) is 0 Å². The zero-order chi connectivity index (χ0) is 26.9. The smallest absolute Gasteiger partial charge is 0.135 e. The third-order valence-corrected chi connectivity index (χ3v) is 8.73. The Bertz CT molecular complexity index is 2310. The minimum absolute atomic E-state index is 0.806. The normalized spacial score (nSPS) is 13.7. The molecule has 1 aromatic heterocycles. The zero-order valence-electron chi connectivity index (χ0n) is 22.4. The fraction of sp³-hybridized carbons (Fsp3) is 0.0500. The topological polar surface area (TPSA) is 13.1 Å². The highest BCUT2D eigenvalue weighted by atomic mass is 16.3. The number of rotatable bonds is 2. The lowest BCUT2D eigenvalue weighted by atomic mass is 9.85. The van der Waals surface area contributed by atoms with Gasteiger partial charge in [0.2, 0.25) is 0 Å². The van der Waals surface area contributed by atoms with Crippen LogP contribution in [-0.4, -0.2) is 0 Å². The lowest BCUT2D eigenvalue weighted by Crippen LogP contribution is -1.96. The summed E-state index contributed by atoms with van der Waals surface area (Å²) in [5.74, 6) is 6.80. The molecule has 0 bridgehead atoms. The molecule has 0 saturated heterocycles. The van der Waals surface area contributed by atoms with Crippen molar-refractivity contribution < 1.29 is 4.42 Å². The molecule has 9 rings (SSSR count). The predicted molar refractivity (Wildman–Crippen MR) is 173 cm³/mol. The van der Waals surface area contributed by atoms with E-state index in [1.807, 2.05) is 12.1 Å². The molecule has 0 N–H and O–H groups in total. The van der Waals surface area contributed by atoms with Crippen LogP contribution >= 0.6 is 0 Å². The van der Waals surface area contributed by atoms with E-state index in [0.29, 0.717) is 0 Å². The Labute approximate surface area is 238 Å². The first-order valence-corrected chi connectivity index (χ1v) is 14.2. The molecule has 0 atom stereocenters. The van der Waals surface area contributed by atoms with E-state index >= 15 is 0 Å². The molecular formula is C40H24O. The van der Waals surface area contributed by atoms with Crippen molar-refractivity contribution in [1.29, 1.82) is 0 Å². The molecule has 2 aliphatic rings. The van der Waals surface area contributed by atoms with Crippen molar-refractivity contribution in [2.24, 2.45) is 0 Å². The van der Waals surface area contributed by atoms with Crippen LogP contribution in [0.25, 0.3) is 72.3 Å². The Morgan fingerprint density at radius 3 is 2.02 bits per heavy atom. The first-order chi connectivity index (χ1) is 20.3. The summed E-state index contributed by atoms with van der Waals surface area (Å²) in [7, 11) is 0. The van der Waals surface area contributed by atoms with Crippen LogP contribution in [0.15, 0.2) is 114 Å². The molecule has 0 amide bonds. The lowest BCUT2D eigenvalue weighted by molar-refractivity contribution is 0.669. The van der Waals surface area contributed by atoms with Crippen LogP contribution in [0.2, 0.25) is 0 Å². The van der Waals surface area contributed by atoms with Crippen molar-refractivity contribution in [1.82, 2.24) is 0 Å². The molecule has 0 radical (unpaired) electrons. The van der Waals surface area contributed by atoms with E-state index < -0.39 is 0 Å². The van der Waals surface area contributed by atoms with Gasteiger partial charge in [0.25, 0.3) is 0 Å². The summed E-state index contributed by atoms with van der Waals surface area (Å²) in [5, 5.41) is 7.42. The summed E-state index contributed by atoms with van der Waals surface area (Å²) in [4.78, 5) is 0. The second-order valence-electron chi connectivity index (χ2n) is 11.0. The van der Waals surface area contributed by atoms with Gasteiger partial charge in [-0.3, -0.25) is 0 Å². The van der Waals surface area contributed by atoms with Crippen LogP contribution in [0.3, 0.4) is 0 Å². The van der Waals surface area contributed by atoms with Crippen molar-refractivity contribution in [3.05, 3.63) is 137 Å². The maximum atomic E-state index is 6.16. The molecule has 7 aromatic rings. The van der Waals surface area contributed by atoms with Crippen LogP contribution in [0.5, 0.6) is 0 Å². The third kappa shape index (κ3) is 3.32. The zero-order valence-corrected chi connectivity index (χ0v) is 22.4. The molecule has 0 unspecified atom stereocenters. The van der Waals surface area contributed by atoms with Gasteiger partial charge in [-0.15, -0.1) is 0 Å². The van der Waals surface area contributed by atoms with E-state index in [9.17, 15) is 0 Å². The van der Waals surface area contributed by atoms with Crippen LogP contribution in [0.4, 0.5) is 0 Å². The Hall–Kier alpha value is -5.32. The first-order valence-electron chi connectivity index (χ1n) is 14.2. The van der Waals surface area contributed by atoms with Gasteiger partial charge in [0.1, 0.15) is 11.2 Å². The van der Waals surface area contributed by atoms with Gasteiger partial charge in [-0.25, -0.2) is 0 Å². The van der Waals surface area contributed by atoms with Gasteiger partial charge >= 0.3 is 0 Å². The number of allylic oxidation sites excluding steroid dienone is 2. The van der Waals surface area contributed by atoms with Crippen LogP contribution in [-0.2, 0) is 6.42 Å². The number of furan rings is 1. The number of hydrogen-bond acceptors (Lipinski definition) is 1. The van der Waals surface area contributed by atoms with E-state index in [2.05, 4.69) is 121 Å². The lowest BCUT2D eigenvalue weighted by Gasteiger charge is -2.18. The molecule has 0 spiro atoms. The summed E-state index contributed by atoms with van der Waals surface area (Å²) in [5.41, 5.74) is 12.1. The fourth-order valence-corrected chi connectivity index (χ4v) is 6.94. The highest BCUT2D eigenvalue weighted by Gasteiger charge is 2.24.